The standard InChI is InChI=1S/C27H31N3O2/c1-17-8-10-20(11-9-17)26-22-16-30(15-19-7-5-6-18(2)12-19)23-14-25(32-4)24(31-3)13-21(23)27(22)29-28-26/h5-14,22,26-29H,15-16H2,1-4H3. The Morgan fingerprint density at radius 1 is 0.844 bits per heavy atom. The van der Waals surface area contributed by atoms with Crippen LogP contribution in [-0.2, 0) is 6.54 Å². The number of nitrogens with zero attached hydrogens (tertiary/aromatic N) is 1. The normalized spacial score (nSPS) is 21.8. The van der Waals surface area contributed by atoms with Crippen molar-refractivity contribution < 1.29 is 9.47 Å². The molecule has 0 aromatic heterocycles. The number of ether oxygens (including phenoxy) is 2. The van der Waals surface area contributed by atoms with E-state index in [1.807, 2.05) is 0 Å². The van der Waals surface area contributed by atoms with E-state index in [1.165, 1.54) is 33.5 Å². The molecule has 0 aliphatic carbocycles. The first-order chi connectivity index (χ1) is 15.6. The average molecular weight is 430 g/mol. The number of hydrogen-bond acceptors (Lipinski definition) is 5. The van der Waals surface area contributed by atoms with Crippen molar-refractivity contribution in [2.75, 3.05) is 25.7 Å². The minimum Gasteiger partial charge on any atom is -0.493 e. The largest absolute Gasteiger partial charge is 0.493 e. The highest BCUT2D eigenvalue weighted by Crippen LogP contribution is 2.48. The molecule has 5 nitrogen and oxygen atoms in total. The maximum atomic E-state index is 5.65. The first kappa shape index (κ1) is 20.9. The van der Waals surface area contributed by atoms with Gasteiger partial charge in [0.1, 0.15) is 0 Å². The summed E-state index contributed by atoms with van der Waals surface area (Å²) in [5, 5.41) is 0. The molecule has 0 spiro atoms. The van der Waals surface area contributed by atoms with Crippen LogP contribution in [0, 0.1) is 19.8 Å². The summed E-state index contributed by atoms with van der Waals surface area (Å²) in [5.74, 6) is 1.91. The maximum absolute atomic E-state index is 5.65. The Hall–Kier alpha value is -3.02. The maximum Gasteiger partial charge on any atom is 0.162 e. The molecule has 1 fully saturated rings. The molecule has 2 aliphatic rings. The highest BCUT2D eigenvalue weighted by atomic mass is 16.5. The number of methoxy groups -OCH3 is 2. The monoisotopic (exact) mass is 429 g/mol. The molecule has 5 heteroatoms. The zero-order chi connectivity index (χ0) is 22.2. The van der Waals surface area contributed by atoms with Gasteiger partial charge in [0, 0.05) is 30.8 Å². The predicted octanol–water partition coefficient (Wildman–Crippen LogP) is 4.85. The Kier molecular flexibility index (Phi) is 5.53. The van der Waals surface area contributed by atoms with Crippen LogP contribution in [0.1, 0.15) is 39.9 Å². The number of hydrazine groups is 1. The molecule has 3 unspecified atom stereocenters. The van der Waals surface area contributed by atoms with E-state index in [0.717, 1.165) is 24.6 Å². The molecule has 0 saturated carbocycles. The molecule has 0 bridgehead atoms. The summed E-state index contributed by atoms with van der Waals surface area (Å²) in [6, 6.07) is 22.3. The Bertz CT molecular complexity index is 1110. The number of rotatable bonds is 5. The molecule has 2 N–H and O–H groups in total. The molecule has 2 aliphatic heterocycles. The van der Waals surface area contributed by atoms with Crippen LogP contribution in [0.2, 0.25) is 0 Å². The molecule has 0 amide bonds. The molecule has 5 rings (SSSR count). The van der Waals surface area contributed by atoms with Gasteiger partial charge in [-0.1, -0.05) is 59.7 Å². The molecule has 3 aromatic rings. The zero-order valence-electron chi connectivity index (χ0n) is 19.2. The number of hydrogen-bond donors (Lipinski definition) is 2. The molecule has 1 saturated heterocycles. The fourth-order valence-corrected chi connectivity index (χ4v) is 5.15. The van der Waals surface area contributed by atoms with Gasteiger partial charge >= 0.3 is 0 Å². The second kappa shape index (κ2) is 8.49. The minimum atomic E-state index is 0.199. The van der Waals surface area contributed by atoms with Gasteiger partial charge in [0.25, 0.3) is 0 Å². The summed E-state index contributed by atoms with van der Waals surface area (Å²) in [6.45, 7) is 6.08. The van der Waals surface area contributed by atoms with Crippen molar-refractivity contribution in [1.29, 1.82) is 0 Å². The van der Waals surface area contributed by atoms with Crippen LogP contribution in [0.15, 0.2) is 60.7 Å². The van der Waals surface area contributed by atoms with Gasteiger partial charge in [-0.05, 0) is 36.6 Å². The fraction of sp³-hybridized carbons (Fsp3) is 0.333. The highest BCUT2D eigenvalue weighted by molar-refractivity contribution is 5.65. The Morgan fingerprint density at radius 2 is 1.56 bits per heavy atom. The van der Waals surface area contributed by atoms with Crippen molar-refractivity contribution in [3.8, 4) is 11.5 Å². The topological polar surface area (TPSA) is 45.8 Å². The van der Waals surface area contributed by atoms with Crippen molar-refractivity contribution in [2.24, 2.45) is 5.92 Å². The van der Waals surface area contributed by atoms with Crippen molar-refractivity contribution in [3.05, 3.63) is 88.5 Å². The number of nitrogens with one attached hydrogen (secondary N) is 2. The summed E-state index contributed by atoms with van der Waals surface area (Å²) in [7, 11) is 3.40. The Morgan fingerprint density at radius 3 is 2.28 bits per heavy atom. The molecule has 3 atom stereocenters. The summed E-state index contributed by atoms with van der Waals surface area (Å²) >= 11 is 0. The van der Waals surface area contributed by atoms with E-state index in [0.29, 0.717) is 5.92 Å². The van der Waals surface area contributed by atoms with E-state index in [2.05, 4.69) is 90.3 Å². The van der Waals surface area contributed by atoms with E-state index < -0.39 is 0 Å². The van der Waals surface area contributed by atoms with E-state index in [4.69, 9.17) is 9.47 Å². The molecule has 3 aromatic carbocycles. The van der Waals surface area contributed by atoms with E-state index in [-0.39, 0.29) is 12.1 Å². The van der Waals surface area contributed by atoms with Crippen LogP contribution < -0.4 is 25.2 Å². The van der Waals surface area contributed by atoms with Crippen LogP contribution in [0.5, 0.6) is 11.5 Å². The molecule has 32 heavy (non-hydrogen) atoms. The van der Waals surface area contributed by atoms with Gasteiger partial charge in [0.15, 0.2) is 11.5 Å². The molecular formula is C27H31N3O2. The van der Waals surface area contributed by atoms with Crippen molar-refractivity contribution in [3.63, 3.8) is 0 Å². The van der Waals surface area contributed by atoms with Crippen molar-refractivity contribution >= 4 is 5.69 Å². The summed E-state index contributed by atoms with van der Waals surface area (Å²) < 4.78 is 11.3. The van der Waals surface area contributed by atoms with Gasteiger partial charge in [-0.25, -0.2) is 10.9 Å². The fourth-order valence-electron chi connectivity index (χ4n) is 5.15. The second-order valence-electron chi connectivity index (χ2n) is 8.95. The third-order valence-electron chi connectivity index (χ3n) is 6.78. The predicted molar refractivity (Wildman–Crippen MR) is 128 cm³/mol. The highest BCUT2D eigenvalue weighted by Gasteiger charge is 2.43. The molecule has 0 radical (unpaired) electrons. The molecular weight excluding hydrogens is 398 g/mol. The van der Waals surface area contributed by atoms with Gasteiger partial charge in [-0.15, -0.1) is 0 Å². The van der Waals surface area contributed by atoms with Crippen LogP contribution in [-0.4, -0.2) is 20.8 Å². The third-order valence-corrected chi connectivity index (χ3v) is 6.78. The van der Waals surface area contributed by atoms with Crippen LogP contribution in [0.4, 0.5) is 5.69 Å². The van der Waals surface area contributed by atoms with Crippen molar-refractivity contribution in [1.82, 2.24) is 10.9 Å². The number of benzene rings is 3. The van der Waals surface area contributed by atoms with Gasteiger partial charge in [0.05, 0.1) is 26.3 Å². The van der Waals surface area contributed by atoms with Crippen molar-refractivity contribution in [2.45, 2.75) is 32.5 Å². The second-order valence-corrected chi connectivity index (χ2v) is 8.95. The summed E-state index contributed by atoms with van der Waals surface area (Å²) in [4.78, 5) is 2.49. The molecule has 166 valence electrons. The Labute approximate surface area is 190 Å². The molecule has 2 heterocycles. The number of aryl methyl sites for hydroxylation is 2. The number of fused-ring (bicyclic) bond motifs is 3. The van der Waals surface area contributed by atoms with Gasteiger partial charge in [0.2, 0.25) is 0 Å². The lowest BCUT2D eigenvalue weighted by Crippen LogP contribution is -2.39. The third kappa shape index (κ3) is 3.72. The first-order valence-corrected chi connectivity index (χ1v) is 11.2. The van der Waals surface area contributed by atoms with E-state index >= 15 is 0 Å². The number of anilines is 1. The van der Waals surface area contributed by atoms with Gasteiger partial charge in [-0.2, -0.15) is 0 Å². The summed E-state index contributed by atoms with van der Waals surface area (Å²) in [5.41, 5.74) is 14.8. The van der Waals surface area contributed by atoms with E-state index in [9.17, 15) is 0 Å². The van der Waals surface area contributed by atoms with Gasteiger partial charge < -0.3 is 14.4 Å². The lowest BCUT2D eigenvalue weighted by molar-refractivity contribution is 0.350. The zero-order valence-corrected chi connectivity index (χ0v) is 19.2. The van der Waals surface area contributed by atoms with Crippen LogP contribution in [0.3, 0.4) is 0 Å². The summed E-state index contributed by atoms with van der Waals surface area (Å²) in [6.07, 6.45) is 0. The van der Waals surface area contributed by atoms with Gasteiger partial charge in [-0.3, -0.25) is 0 Å². The Balaban J connectivity index is 1.56. The quantitative estimate of drug-likeness (QED) is 0.607. The van der Waals surface area contributed by atoms with E-state index in [1.54, 1.807) is 14.2 Å². The lowest BCUT2D eigenvalue weighted by Gasteiger charge is -2.39. The minimum absolute atomic E-state index is 0.199. The van der Waals surface area contributed by atoms with Crippen LogP contribution in [0.25, 0.3) is 0 Å². The smallest absolute Gasteiger partial charge is 0.162 e. The average Bonchev–Trinajstić information content (AvgIpc) is 3.22. The first-order valence-electron chi connectivity index (χ1n) is 11.2. The lowest BCUT2D eigenvalue weighted by atomic mass is 9.81. The van der Waals surface area contributed by atoms with Crippen LogP contribution >= 0.6 is 0 Å². The SMILES string of the molecule is COc1cc2c(cc1OC)N(Cc1cccc(C)c1)CC1C(c3ccc(C)cc3)NNC21.